The quantitative estimate of drug-likeness (QED) is 0.792. The molecule has 0 N–H and O–H groups in total. The van der Waals surface area contributed by atoms with Gasteiger partial charge in [-0.1, -0.05) is 12.1 Å². The first kappa shape index (κ1) is 18.2. The lowest BCUT2D eigenvalue weighted by atomic mass is 10.1. The van der Waals surface area contributed by atoms with E-state index in [1.165, 1.54) is 11.9 Å². The summed E-state index contributed by atoms with van der Waals surface area (Å²) < 4.78 is 30.8. The van der Waals surface area contributed by atoms with Gasteiger partial charge in [0.1, 0.15) is 0 Å². The van der Waals surface area contributed by atoms with Crippen LogP contribution in [-0.4, -0.2) is 44.4 Å². The summed E-state index contributed by atoms with van der Waals surface area (Å²) in [5.41, 5.74) is 2.46. The van der Waals surface area contributed by atoms with Crippen LogP contribution in [0.4, 0.5) is 0 Å². The Morgan fingerprint density at radius 1 is 1.16 bits per heavy atom. The third kappa shape index (κ3) is 4.71. The largest absolute Gasteiger partial charge is 0.385 e. The van der Waals surface area contributed by atoms with E-state index in [4.69, 9.17) is 4.74 Å². The van der Waals surface area contributed by atoms with E-state index >= 15 is 0 Å². The average Bonchev–Trinajstić information content (AvgIpc) is 2.92. The van der Waals surface area contributed by atoms with Crippen molar-refractivity contribution in [1.82, 2.24) is 9.47 Å². The van der Waals surface area contributed by atoms with E-state index in [0.29, 0.717) is 10.8 Å². The molecular weight excluding hydrogens is 336 g/mol. The minimum absolute atomic E-state index is 0.374. The SMILES string of the molecule is COCC[C@@H]1CN(Cc2ccc(S(C)(=O)=O)cc2)Cc2cccn2C1. The second-order valence-electron chi connectivity index (χ2n) is 6.89. The summed E-state index contributed by atoms with van der Waals surface area (Å²) in [6.07, 6.45) is 4.43. The Morgan fingerprint density at radius 2 is 1.92 bits per heavy atom. The molecule has 6 heteroatoms. The number of methoxy groups -OCH3 is 1. The average molecular weight is 362 g/mol. The standard InChI is InChI=1S/C19H26N2O3S/c1-24-11-9-17-13-20(15-18-4-3-10-21(18)14-17)12-16-5-7-19(8-6-16)25(2,22)23/h3-8,10,17H,9,11-15H2,1-2H3/t17-/m1/s1. The Kier molecular flexibility index (Phi) is 5.61. The van der Waals surface area contributed by atoms with Crippen LogP contribution in [-0.2, 0) is 34.2 Å². The zero-order valence-corrected chi connectivity index (χ0v) is 15.7. The van der Waals surface area contributed by atoms with Crippen LogP contribution in [0.5, 0.6) is 0 Å². The Balaban J connectivity index is 1.74. The van der Waals surface area contributed by atoms with Crippen LogP contribution in [0.2, 0.25) is 0 Å². The van der Waals surface area contributed by atoms with E-state index in [1.54, 1.807) is 19.2 Å². The summed E-state index contributed by atoms with van der Waals surface area (Å²) >= 11 is 0. The fraction of sp³-hybridized carbons (Fsp3) is 0.474. The third-order valence-electron chi connectivity index (χ3n) is 4.77. The second kappa shape index (κ2) is 7.72. The highest BCUT2D eigenvalue weighted by molar-refractivity contribution is 7.90. The molecule has 0 unspecified atom stereocenters. The lowest BCUT2D eigenvalue weighted by Crippen LogP contribution is -2.28. The number of benzene rings is 1. The van der Waals surface area contributed by atoms with Gasteiger partial charge in [0.05, 0.1) is 4.90 Å². The van der Waals surface area contributed by atoms with Crippen molar-refractivity contribution < 1.29 is 13.2 Å². The molecule has 1 aliphatic heterocycles. The Morgan fingerprint density at radius 3 is 2.60 bits per heavy atom. The van der Waals surface area contributed by atoms with Gasteiger partial charge < -0.3 is 9.30 Å². The number of aromatic nitrogens is 1. The van der Waals surface area contributed by atoms with Crippen molar-refractivity contribution in [3.8, 4) is 0 Å². The van der Waals surface area contributed by atoms with Crippen molar-refractivity contribution in [3.63, 3.8) is 0 Å². The number of hydrogen-bond donors (Lipinski definition) is 0. The fourth-order valence-electron chi connectivity index (χ4n) is 3.45. The Labute approximate surface area is 150 Å². The van der Waals surface area contributed by atoms with Crippen LogP contribution in [0.15, 0.2) is 47.5 Å². The van der Waals surface area contributed by atoms with Crippen molar-refractivity contribution in [3.05, 3.63) is 53.9 Å². The molecule has 0 spiro atoms. The van der Waals surface area contributed by atoms with Gasteiger partial charge in [-0.25, -0.2) is 8.42 Å². The predicted octanol–water partition coefficient (Wildman–Crippen LogP) is 2.56. The molecule has 1 aromatic carbocycles. The van der Waals surface area contributed by atoms with Gasteiger partial charge in [0.2, 0.25) is 0 Å². The lowest BCUT2D eigenvalue weighted by molar-refractivity contribution is 0.151. The zero-order chi connectivity index (χ0) is 17.9. The molecule has 5 nitrogen and oxygen atoms in total. The molecule has 0 radical (unpaired) electrons. The van der Waals surface area contributed by atoms with Crippen molar-refractivity contribution in [2.75, 3.05) is 26.5 Å². The smallest absolute Gasteiger partial charge is 0.175 e. The molecule has 0 saturated heterocycles. The minimum atomic E-state index is -3.14. The van der Waals surface area contributed by atoms with Crippen LogP contribution >= 0.6 is 0 Å². The van der Waals surface area contributed by atoms with Crippen LogP contribution in [0.3, 0.4) is 0 Å². The number of fused-ring (bicyclic) bond motifs is 1. The molecule has 2 heterocycles. The second-order valence-corrected chi connectivity index (χ2v) is 8.90. The highest BCUT2D eigenvalue weighted by Gasteiger charge is 2.21. The van der Waals surface area contributed by atoms with Gasteiger partial charge in [0.25, 0.3) is 0 Å². The normalized spacial score (nSPS) is 18.7. The van der Waals surface area contributed by atoms with E-state index in [9.17, 15) is 8.42 Å². The van der Waals surface area contributed by atoms with Gasteiger partial charge in [-0.05, 0) is 42.2 Å². The number of nitrogens with zero attached hydrogens (tertiary/aromatic N) is 2. The van der Waals surface area contributed by atoms with Crippen LogP contribution in [0, 0.1) is 5.92 Å². The number of sulfone groups is 1. The molecule has 0 bridgehead atoms. The Bertz CT molecular complexity index is 796. The summed E-state index contributed by atoms with van der Waals surface area (Å²) in [7, 11) is -1.39. The zero-order valence-electron chi connectivity index (χ0n) is 14.9. The topological polar surface area (TPSA) is 51.5 Å². The summed E-state index contributed by atoms with van der Waals surface area (Å²) in [6, 6.07) is 11.5. The lowest BCUT2D eigenvalue weighted by Gasteiger charge is -2.24. The monoisotopic (exact) mass is 362 g/mol. The van der Waals surface area contributed by atoms with Crippen molar-refractivity contribution in [2.45, 2.75) is 31.0 Å². The third-order valence-corrected chi connectivity index (χ3v) is 5.90. The molecule has 3 rings (SSSR count). The molecule has 0 amide bonds. The molecule has 25 heavy (non-hydrogen) atoms. The van der Waals surface area contributed by atoms with E-state index in [2.05, 4.69) is 27.8 Å². The molecule has 0 saturated carbocycles. The number of hydrogen-bond acceptors (Lipinski definition) is 4. The van der Waals surface area contributed by atoms with Crippen LogP contribution < -0.4 is 0 Å². The van der Waals surface area contributed by atoms with Crippen LogP contribution in [0.25, 0.3) is 0 Å². The summed E-state index contributed by atoms with van der Waals surface area (Å²) in [4.78, 5) is 2.81. The molecule has 1 aromatic heterocycles. The molecular formula is C19H26N2O3S. The van der Waals surface area contributed by atoms with Gasteiger partial charge in [0.15, 0.2) is 9.84 Å². The highest BCUT2D eigenvalue weighted by Crippen LogP contribution is 2.21. The first-order valence-corrected chi connectivity index (χ1v) is 10.5. The van der Waals surface area contributed by atoms with E-state index < -0.39 is 9.84 Å². The van der Waals surface area contributed by atoms with Gasteiger partial charge in [-0.3, -0.25) is 4.90 Å². The molecule has 0 fully saturated rings. The van der Waals surface area contributed by atoms with Crippen molar-refractivity contribution in [2.24, 2.45) is 5.92 Å². The number of rotatable bonds is 6. The highest BCUT2D eigenvalue weighted by atomic mass is 32.2. The molecule has 1 aliphatic rings. The summed E-state index contributed by atoms with van der Waals surface area (Å²) in [5.74, 6) is 0.545. The molecule has 136 valence electrons. The van der Waals surface area contributed by atoms with Crippen LogP contribution in [0.1, 0.15) is 17.7 Å². The first-order chi connectivity index (χ1) is 12.0. The molecule has 2 aromatic rings. The van der Waals surface area contributed by atoms with Crippen molar-refractivity contribution in [1.29, 1.82) is 0 Å². The maximum Gasteiger partial charge on any atom is 0.175 e. The van der Waals surface area contributed by atoms with Gasteiger partial charge >= 0.3 is 0 Å². The maximum absolute atomic E-state index is 11.6. The number of ether oxygens (including phenoxy) is 1. The predicted molar refractivity (Wildman–Crippen MR) is 98.1 cm³/mol. The fourth-order valence-corrected chi connectivity index (χ4v) is 4.08. The van der Waals surface area contributed by atoms with E-state index in [-0.39, 0.29) is 0 Å². The summed E-state index contributed by atoms with van der Waals surface area (Å²) in [6.45, 7) is 4.54. The van der Waals surface area contributed by atoms with E-state index in [1.807, 2.05) is 12.1 Å². The maximum atomic E-state index is 11.6. The van der Waals surface area contributed by atoms with Gasteiger partial charge in [-0.2, -0.15) is 0 Å². The van der Waals surface area contributed by atoms with E-state index in [0.717, 1.165) is 44.8 Å². The first-order valence-electron chi connectivity index (χ1n) is 8.60. The van der Waals surface area contributed by atoms with Crippen molar-refractivity contribution >= 4 is 9.84 Å². The minimum Gasteiger partial charge on any atom is -0.385 e. The molecule has 1 atom stereocenters. The summed E-state index contributed by atoms with van der Waals surface area (Å²) in [5, 5.41) is 0. The van der Waals surface area contributed by atoms with Gasteiger partial charge in [0, 0.05) is 58.0 Å². The van der Waals surface area contributed by atoms with Gasteiger partial charge in [-0.15, -0.1) is 0 Å². The molecule has 0 aliphatic carbocycles. The Hall–Kier alpha value is -1.63.